The van der Waals surface area contributed by atoms with E-state index in [1.165, 1.54) is 0 Å². The highest BCUT2D eigenvalue weighted by atomic mass is 16.6. The van der Waals surface area contributed by atoms with E-state index in [-0.39, 0.29) is 22.6 Å². The van der Waals surface area contributed by atoms with Gasteiger partial charge in [-0.1, -0.05) is 6.07 Å². The van der Waals surface area contributed by atoms with Gasteiger partial charge in [-0.05, 0) is 30.9 Å². The minimum Gasteiger partial charge on any atom is -0.632 e. The van der Waals surface area contributed by atoms with Crippen LogP contribution in [0.15, 0.2) is 12.1 Å². The molecule has 0 radical (unpaired) electrons. The molecule has 1 aromatic rings. The highest BCUT2D eigenvalue weighted by Gasteiger charge is 2.76. The van der Waals surface area contributed by atoms with E-state index in [4.69, 9.17) is 4.74 Å². The van der Waals surface area contributed by atoms with Crippen molar-refractivity contribution in [1.29, 1.82) is 0 Å². The van der Waals surface area contributed by atoms with Gasteiger partial charge in [0.15, 0.2) is 23.4 Å². The normalized spacial score (nSPS) is 45.2. The molecule has 6 rings (SSSR count). The smallest absolute Gasteiger partial charge is 0.174 e. The number of Topliss-reactive ketones (excluding diaryl/α,β-unsaturated/α-hetero) is 1. The third-order valence-corrected chi connectivity index (χ3v) is 7.85. The first-order valence-corrected chi connectivity index (χ1v) is 9.74. The number of benzene rings is 1. The molecular formula is C20H23NO5. The van der Waals surface area contributed by atoms with Crippen molar-refractivity contribution in [3.8, 4) is 11.5 Å². The van der Waals surface area contributed by atoms with E-state index in [1.807, 2.05) is 6.07 Å². The van der Waals surface area contributed by atoms with E-state index in [0.717, 1.165) is 24.0 Å². The second-order valence-electron chi connectivity index (χ2n) is 9.08. The van der Waals surface area contributed by atoms with Crippen LogP contribution in [0.1, 0.15) is 43.2 Å². The zero-order valence-electron chi connectivity index (χ0n) is 14.6. The monoisotopic (exact) mass is 357 g/mol. The molecule has 2 aliphatic heterocycles. The van der Waals surface area contributed by atoms with Crippen LogP contribution in [0.2, 0.25) is 0 Å². The van der Waals surface area contributed by atoms with Crippen molar-refractivity contribution in [1.82, 2.24) is 0 Å². The lowest BCUT2D eigenvalue weighted by atomic mass is 9.49. The molecule has 1 saturated heterocycles. The number of phenols is 1. The van der Waals surface area contributed by atoms with Crippen molar-refractivity contribution in [3.05, 3.63) is 28.5 Å². The molecule has 3 aliphatic carbocycles. The van der Waals surface area contributed by atoms with Gasteiger partial charge in [-0.3, -0.25) is 4.79 Å². The molecule has 6 heteroatoms. The zero-order chi connectivity index (χ0) is 17.9. The number of hydrogen-bond acceptors (Lipinski definition) is 5. The van der Waals surface area contributed by atoms with E-state index in [9.17, 15) is 20.2 Å². The summed E-state index contributed by atoms with van der Waals surface area (Å²) in [6.45, 7) is 0.980. The Bertz CT molecular complexity index is 851. The van der Waals surface area contributed by atoms with E-state index in [0.29, 0.717) is 44.0 Å². The van der Waals surface area contributed by atoms with Gasteiger partial charge in [-0.2, -0.15) is 0 Å². The molecule has 0 aromatic heterocycles. The fourth-order valence-electron chi connectivity index (χ4n) is 6.54. The van der Waals surface area contributed by atoms with Gasteiger partial charge < -0.3 is 24.8 Å². The van der Waals surface area contributed by atoms with Crippen LogP contribution in [0.3, 0.4) is 0 Å². The van der Waals surface area contributed by atoms with Crippen LogP contribution in [0.25, 0.3) is 0 Å². The van der Waals surface area contributed by atoms with Crippen LogP contribution >= 0.6 is 0 Å². The summed E-state index contributed by atoms with van der Waals surface area (Å²) in [6.07, 6.45) is 2.91. The van der Waals surface area contributed by atoms with E-state index >= 15 is 0 Å². The summed E-state index contributed by atoms with van der Waals surface area (Å²) in [6, 6.07) is 2.98. The maximum absolute atomic E-state index is 13.9. The molecule has 2 bridgehead atoms. The summed E-state index contributed by atoms with van der Waals surface area (Å²) in [5, 5.41) is 36.1. The maximum atomic E-state index is 13.9. The third-order valence-electron chi connectivity index (χ3n) is 7.85. The number of aromatic hydroxyl groups is 1. The van der Waals surface area contributed by atoms with Gasteiger partial charge in [-0.15, -0.1) is 0 Å². The SMILES string of the molecule is O=C1CCC2(O)C3Cc4ccc(O)c5c4[C@]2(CC[N@+]3([O-])CC2CC2)C1O5. The number of rotatable bonds is 2. The second-order valence-corrected chi connectivity index (χ2v) is 9.08. The Balaban J connectivity index is 1.60. The Hall–Kier alpha value is -1.63. The van der Waals surface area contributed by atoms with Gasteiger partial charge in [0.05, 0.1) is 18.5 Å². The van der Waals surface area contributed by atoms with Gasteiger partial charge in [0.2, 0.25) is 0 Å². The molecule has 0 amide bonds. The van der Waals surface area contributed by atoms with Crippen molar-refractivity contribution >= 4 is 5.78 Å². The average Bonchev–Trinajstić information content (AvgIpc) is 3.32. The molecule has 138 valence electrons. The van der Waals surface area contributed by atoms with Crippen LogP contribution in [0.5, 0.6) is 11.5 Å². The summed E-state index contributed by atoms with van der Waals surface area (Å²) in [4.78, 5) is 12.7. The Labute approximate surface area is 151 Å². The molecule has 1 aromatic carbocycles. The van der Waals surface area contributed by atoms with Crippen molar-refractivity contribution < 1.29 is 24.4 Å². The lowest BCUT2D eigenvalue weighted by Gasteiger charge is -2.67. The molecule has 2 saturated carbocycles. The van der Waals surface area contributed by atoms with Gasteiger partial charge in [0.1, 0.15) is 11.6 Å². The highest BCUT2D eigenvalue weighted by Crippen LogP contribution is 2.66. The summed E-state index contributed by atoms with van der Waals surface area (Å²) in [5.41, 5.74) is -0.359. The summed E-state index contributed by atoms with van der Waals surface area (Å²) in [5.74, 6) is 0.827. The first kappa shape index (κ1) is 15.4. The lowest BCUT2D eigenvalue weighted by Crippen LogP contribution is -2.80. The van der Waals surface area contributed by atoms with Crippen molar-refractivity contribution in [2.24, 2.45) is 5.92 Å². The first-order valence-electron chi connectivity index (χ1n) is 9.74. The number of nitrogens with zero attached hydrogens (tertiary/aromatic N) is 1. The first-order chi connectivity index (χ1) is 12.4. The largest absolute Gasteiger partial charge is 0.632 e. The van der Waals surface area contributed by atoms with Crippen LogP contribution in [-0.4, -0.2) is 51.5 Å². The van der Waals surface area contributed by atoms with Gasteiger partial charge in [-0.25, -0.2) is 0 Å². The van der Waals surface area contributed by atoms with Gasteiger partial charge >= 0.3 is 0 Å². The number of piperidine rings is 1. The molecule has 5 aliphatic rings. The maximum Gasteiger partial charge on any atom is 0.174 e. The number of carbonyl (C=O) groups excluding carboxylic acids is 1. The second kappa shape index (κ2) is 4.43. The highest BCUT2D eigenvalue weighted by molar-refractivity contribution is 5.90. The molecule has 2 N–H and O–H groups in total. The molecule has 6 nitrogen and oxygen atoms in total. The fourth-order valence-corrected chi connectivity index (χ4v) is 6.54. The van der Waals surface area contributed by atoms with Crippen LogP contribution in [-0.2, 0) is 16.6 Å². The van der Waals surface area contributed by atoms with Crippen LogP contribution in [0, 0.1) is 11.1 Å². The van der Waals surface area contributed by atoms with E-state index in [2.05, 4.69) is 0 Å². The number of ketones is 1. The molecule has 3 fully saturated rings. The van der Waals surface area contributed by atoms with Crippen LogP contribution in [0.4, 0.5) is 0 Å². The zero-order valence-corrected chi connectivity index (χ0v) is 14.6. The van der Waals surface area contributed by atoms with Gasteiger partial charge in [0.25, 0.3) is 0 Å². The standard InChI is InChI=1S/C20H23NO5/c22-13-4-3-12-9-15-20(24)6-5-14(23)18-19(20,16(12)17(13)26-18)7-8-21(15,25)10-11-1-2-11/h3-4,11,15,18,22,24H,1-2,5-10H2/t15?,18?,19-,20?,21+/m1/s1. The molecule has 3 unspecified atom stereocenters. The summed E-state index contributed by atoms with van der Waals surface area (Å²) >= 11 is 0. The Morgan fingerprint density at radius 3 is 2.88 bits per heavy atom. The average molecular weight is 357 g/mol. The van der Waals surface area contributed by atoms with Crippen LogP contribution < -0.4 is 4.74 Å². The predicted octanol–water partition coefficient (Wildman–Crippen LogP) is 1.54. The van der Waals surface area contributed by atoms with E-state index in [1.54, 1.807) is 6.07 Å². The Morgan fingerprint density at radius 1 is 1.31 bits per heavy atom. The quantitative estimate of drug-likeness (QED) is 0.619. The number of carbonyl (C=O) groups is 1. The van der Waals surface area contributed by atoms with E-state index < -0.39 is 23.2 Å². The number of quaternary nitrogens is 1. The predicted molar refractivity (Wildman–Crippen MR) is 91.6 cm³/mol. The molecule has 5 atom stereocenters. The summed E-state index contributed by atoms with van der Waals surface area (Å²) in [7, 11) is 0. The molecule has 2 heterocycles. The van der Waals surface area contributed by atoms with Crippen molar-refractivity contribution in [2.45, 2.75) is 61.7 Å². The number of ether oxygens (including phenoxy) is 1. The number of hydroxylamine groups is 3. The number of hydrogen-bond donors (Lipinski definition) is 2. The molecule has 1 spiro atoms. The van der Waals surface area contributed by atoms with Crippen molar-refractivity contribution in [2.75, 3.05) is 13.1 Å². The number of aliphatic hydroxyl groups is 1. The number of phenolic OH excluding ortho intramolecular Hbond substituents is 1. The number of likely N-dealkylation sites (tertiary alicyclic amines) is 1. The third kappa shape index (κ3) is 1.54. The van der Waals surface area contributed by atoms with Crippen molar-refractivity contribution in [3.63, 3.8) is 0 Å². The Morgan fingerprint density at radius 2 is 2.12 bits per heavy atom. The summed E-state index contributed by atoms with van der Waals surface area (Å²) < 4.78 is 5.63. The fraction of sp³-hybridized carbons (Fsp3) is 0.650. The minimum atomic E-state index is -1.24. The molecular weight excluding hydrogens is 334 g/mol. The minimum absolute atomic E-state index is 0.0209. The van der Waals surface area contributed by atoms with Gasteiger partial charge in [0, 0.05) is 30.7 Å². The Kier molecular flexibility index (Phi) is 2.63. The lowest BCUT2D eigenvalue weighted by molar-refractivity contribution is -0.923. The topological polar surface area (TPSA) is 89.8 Å². The molecule has 26 heavy (non-hydrogen) atoms.